The number of ether oxygens (including phenoxy) is 1. The molecule has 0 amide bonds. The summed E-state index contributed by atoms with van der Waals surface area (Å²) < 4.78 is 11.2. The fourth-order valence-corrected chi connectivity index (χ4v) is 3.70. The van der Waals surface area contributed by atoms with E-state index in [1.807, 2.05) is 30.5 Å². The van der Waals surface area contributed by atoms with Crippen LogP contribution in [-0.2, 0) is 0 Å². The van der Waals surface area contributed by atoms with Crippen molar-refractivity contribution >= 4 is 39.3 Å². The molecule has 0 saturated carbocycles. The Morgan fingerprint density at radius 2 is 1.73 bits per heavy atom. The number of rotatable bonds is 4. The summed E-state index contributed by atoms with van der Waals surface area (Å²) in [5, 5.41) is 13.1. The molecule has 0 radical (unpaired) electrons. The molecule has 0 fully saturated rings. The standard InChI is InChI=1S/C21H16O4S/c1-24-13-9-7-12(8-10-13)19(23)18-16-11-17(22)14-5-3-4-6-15(14)20(16)25-21(18)26-2/h3-11,22H,1-2H3. The van der Waals surface area contributed by atoms with E-state index in [-0.39, 0.29) is 11.5 Å². The predicted octanol–water partition coefficient (Wildman–Crippen LogP) is 5.25. The van der Waals surface area contributed by atoms with Crippen LogP contribution in [-0.4, -0.2) is 24.3 Å². The van der Waals surface area contributed by atoms with Gasteiger partial charge in [-0.05, 0) is 36.6 Å². The number of carbonyl (C=O) groups is 1. The Labute approximate surface area is 154 Å². The lowest BCUT2D eigenvalue weighted by molar-refractivity contribution is 0.103. The van der Waals surface area contributed by atoms with Crippen LogP contribution in [0.2, 0.25) is 0 Å². The summed E-state index contributed by atoms with van der Waals surface area (Å²) in [4.78, 5) is 13.2. The van der Waals surface area contributed by atoms with Crippen LogP contribution in [0.1, 0.15) is 15.9 Å². The minimum atomic E-state index is -0.148. The molecule has 3 aromatic carbocycles. The average Bonchev–Trinajstić information content (AvgIpc) is 3.06. The van der Waals surface area contributed by atoms with Crippen molar-refractivity contribution < 1.29 is 19.1 Å². The number of carbonyl (C=O) groups excluding carboxylic acids is 1. The molecule has 26 heavy (non-hydrogen) atoms. The second-order valence-electron chi connectivity index (χ2n) is 5.84. The number of furan rings is 1. The smallest absolute Gasteiger partial charge is 0.198 e. The molecule has 0 aliphatic rings. The fourth-order valence-electron chi connectivity index (χ4n) is 3.12. The largest absolute Gasteiger partial charge is 0.507 e. The number of ketones is 1. The molecule has 0 bridgehead atoms. The molecular formula is C21H16O4S. The third-order valence-corrected chi connectivity index (χ3v) is 5.06. The normalized spacial score (nSPS) is 11.2. The van der Waals surface area contributed by atoms with Gasteiger partial charge in [-0.15, -0.1) is 0 Å². The molecule has 0 saturated heterocycles. The number of fused-ring (bicyclic) bond motifs is 3. The van der Waals surface area contributed by atoms with Crippen LogP contribution in [0.3, 0.4) is 0 Å². The number of aromatic hydroxyl groups is 1. The molecule has 1 heterocycles. The highest BCUT2D eigenvalue weighted by molar-refractivity contribution is 7.98. The third kappa shape index (κ3) is 2.52. The molecule has 4 aromatic rings. The predicted molar refractivity (Wildman–Crippen MR) is 104 cm³/mol. The number of hydrogen-bond donors (Lipinski definition) is 1. The Hall–Kier alpha value is -2.92. The van der Waals surface area contributed by atoms with Crippen molar-refractivity contribution in [1.82, 2.24) is 0 Å². The van der Waals surface area contributed by atoms with Crippen LogP contribution in [0.15, 0.2) is 64.1 Å². The van der Waals surface area contributed by atoms with Gasteiger partial charge in [-0.3, -0.25) is 4.79 Å². The molecule has 0 atom stereocenters. The number of methoxy groups -OCH3 is 1. The molecule has 1 N–H and O–H groups in total. The monoisotopic (exact) mass is 364 g/mol. The Balaban J connectivity index is 1.97. The summed E-state index contributed by atoms with van der Waals surface area (Å²) in [7, 11) is 1.58. The third-order valence-electron chi connectivity index (χ3n) is 4.41. The maximum Gasteiger partial charge on any atom is 0.198 e. The molecule has 0 aliphatic heterocycles. The van der Waals surface area contributed by atoms with E-state index < -0.39 is 0 Å². The maximum atomic E-state index is 13.2. The van der Waals surface area contributed by atoms with E-state index in [0.29, 0.717) is 38.3 Å². The Bertz CT molecular complexity index is 1130. The number of phenolic OH excluding ortho intramolecular Hbond substituents is 1. The van der Waals surface area contributed by atoms with Crippen LogP contribution in [0.4, 0.5) is 0 Å². The van der Waals surface area contributed by atoms with Crippen molar-refractivity contribution in [3.63, 3.8) is 0 Å². The van der Waals surface area contributed by atoms with E-state index in [4.69, 9.17) is 9.15 Å². The first kappa shape index (κ1) is 16.5. The summed E-state index contributed by atoms with van der Waals surface area (Å²) >= 11 is 1.37. The second-order valence-corrected chi connectivity index (χ2v) is 6.62. The highest BCUT2D eigenvalue weighted by Crippen LogP contribution is 2.40. The lowest BCUT2D eigenvalue weighted by Crippen LogP contribution is -2.01. The molecular weight excluding hydrogens is 348 g/mol. The first-order valence-corrected chi connectivity index (χ1v) is 9.26. The Morgan fingerprint density at radius 3 is 2.38 bits per heavy atom. The minimum Gasteiger partial charge on any atom is -0.507 e. The molecule has 0 spiro atoms. The topological polar surface area (TPSA) is 59.7 Å². The van der Waals surface area contributed by atoms with Gasteiger partial charge < -0.3 is 14.3 Å². The lowest BCUT2D eigenvalue weighted by atomic mass is 9.99. The quantitative estimate of drug-likeness (QED) is 0.396. The lowest BCUT2D eigenvalue weighted by Gasteiger charge is -2.04. The summed E-state index contributed by atoms with van der Waals surface area (Å²) in [5.41, 5.74) is 1.62. The molecule has 4 rings (SSSR count). The fraction of sp³-hybridized carbons (Fsp3) is 0.0952. The average molecular weight is 364 g/mol. The summed E-state index contributed by atoms with van der Waals surface area (Å²) in [6.07, 6.45) is 1.87. The molecule has 1 aromatic heterocycles. The zero-order valence-electron chi connectivity index (χ0n) is 14.3. The van der Waals surface area contributed by atoms with E-state index in [1.165, 1.54) is 11.8 Å². The van der Waals surface area contributed by atoms with Gasteiger partial charge in [0.05, 0.1) is 12.7 Å². The van der Waals surface area contributed by atoms with Crippen LogP contribution >= 0.6 is 11.8 Å². The molecule has 130 valence electrons. The van der Waals surface area contributed by atoms with Gasteiger partial charge in [0.2, 0.25) is 0 Å². The summed E-state index contributed by atoms with van der Waals surface area (Å²) in [6.45, 7) is 0. The summed E-state index contributed by atoms with van der Waals surface area (Å²) in [6, 6.07) is 16.0. The maximum absolute atomic E-state index is 13.2. The van der Waals surface area contributed by atoms with Gasteiger partial charge in [0.25, 0.3) is 0 Å². The van der Waals surface area contributed by atoms with Crippen LogP contribution < -0.4 is 4.74 Å². The first-order chi connectivity index (χ1) is 12.6. The van der Waals surface area contributed by atoms with Gasteiger partial charge in [-0.2, -0.15) is 0 Å². The summed E-state index contributed by atoms with van der Waals surface area (Å²) in [5.74, 6) is 0.670. The Kier molecular flexibility index (Phi) is 4.09. The number of benzene rings is 3. The van der Waals surface area contributed by atoms with Crippen LogP contribution in [0.25, 0.3) is 21.7 Å². The molecule has 4 nitrogen and oxygen atoms in total. The molecule has 0 unspecified atom stereocenters. The minimum absolute atomic E-state index is 0.130. The number of phenols is 1. The highest BCUT2D eigenvalue weighted by atomic mass is 32.2. The van der Waals surface area contributed by atoms with Crippen molar-refractivity contribution in [3.05, 3.63) is 65.7 Å². The van der Waals surface area contributed by atoms with Gasteiger partial charge >= 0.3 is 0 Å². The van der Waals surface area contributed by atoms with Gasteiger partial charge in [-0.1, -0.05) is 36.0 Å². The zero-order chi connectivity index (χ0) is 18.3. The van der Waals surface area contributed by atoms with Crippen LogP contribution in [0.5, 0.6) is 11.5 Å². The van der Waals surface area contributed by atoms with Gasteiger partial charge in [0.15, 0.2) is 10.9 Å². The van der Waals surface area contributed by atoms with Crippen molar-refractivity contribution in [2.24, 2.45) is 0 Å². The van der Waals surface area contributed by atoms with Gasteiger partial charge in [0.1, 0.15) is 17.1 Å². The van der Waals surface area contributed by atoms with Crippen molar-refractivity contribution in [2.75, 3.05) is 13.4 Å². The van der Waals surface area contributed by atoms with E-state index in [0.717, 1.165) is 5.39 Å². The second kappa shape index (κ2) is 6.42. The highest BCUT2D eigenvalue weighted by Gasteiger charge is 2.24. The van der Waals surface area contributed by atoms with E-state index in [9.17, 15) is 9.90 Å². The van der Waals surface area contributed by atoms with Crippen molar-refractivity contribution in [2.45, 2.75) is 5.09 Å². The molecule has 0 aliphatic carbocycles. The number of thioether (sulfide) groups is 1. The first-order valence-electron chi connectivity index (χ1n) is 8.04. The molecule has 5 heteroatoms. The van der Waals surface area contributed by atoms with E-state index >= 15 is 0 Å². The van der Waals surface area contributed by atoms with Gasteiger partial charge in [-0.25, -0.2) is 0 Å². The van der Waals surface area contributed by atoms with Gasteiger partial charge in [0, 0.05) is 21.7 Å². The van der Waals surface area contributed by atoms with Crippen molar-refractivity contribution in [1.29, 1.82) is 0 Å². The van der Waals surface area contributed by atoms with Crippen LogP contribution in [0, 0.1) is 0 Å². The zero-order valence-corrected chi connectivity index (χ0v) is 15.1. The van der Waals surface area contributed by atoms with E-state index in [1.54, 1.807) is 37.4 Å². The number of hydrogen-bond acceptors (Lipinski definition) is 5. The SMILES string of the molecule is COc1ccc(C(=O)c2c(SC)oc3c2cc(O)c2ccccc23)cc1. The van der Waals surface area contributed by atoms with Crippen molar-refractivity contribution in [3.8, 4) is 11.5 Å². The Morgan fingerprint density at radius 1 is 1.04 bits per heavy atom. The van der Waals surface area contributed by atoms with E-state index in [2.05, 4.69) is 0 Å².